The number of fused-ring (bicyclic) bond motifs is 1. The standard InChI is InChI=1S/C14H11BrN6/c1-17-12-8-21-5-4-18-14(21)13(20-12)19-11-3-2-10(15)6-9(11)7-16/h2-6,8,17H,1H3,(H,19,20). The van der Waals surface area contributed by atoms with Crippen LogP contribution in [0.15, 0.2) is 41.3 Å². The van der Waals surface area contributed by atoms with Crippen molar-refractivity contribution in [3.05, 3.63) is 46.8 Å². The van der Waals surface area contributed by atoms with Crippen molar-refractivity contribution in [3.8, 4) is 6.07 Å². The highest BCUT2D eigenvalue weighted by Gasteiger charge is 2.10. The highest BCUT2D eigenvalue weighted by Crippen LogP contribution is 2.25. The second-order valence-corrected chi connectivity index (χ2v) is 5.23. The van der Waals surface area contributed by atoms with Gasteiger partial charge in [-0.15, -0.1) is 0 Å². The van der Waals surface area contributed by atoms with Gasteiger partial charge in [0.05, 0.1) is 17.4 Å². The van der Waals surface area contributed by atoms with Gasteiger partial charge in [-0.2, -0.15) is 5.26 Å². The fraction of sp³-hybridized carbons (Fsp3) is 0.0714. The van der Waals surface area contributed by atoms with Crippen LogP contribution in [-0.4, -0.2) is 21.4 Å². The van der Waals surface area contributed by atoms with E-state index < -0.39 is 0 Å². The molecule has 7 heteroatoms. The molecule has 2 heterocycles. The maximum atomic E-state index is 9.23. The van der Waals surface area contributed by atoms with E-state index in [2.05, 4.69) is 42.6 Å². The molecule has 0 radical (unpaired) electrons. The molecule has 0 saturated carbocycles. The van der Waals surface area contributed by atoms with E-state index in [0.29, 0.717) is 28.5 Å². The minimum absolute atomic E-state index is 0.533. The minimum atomic E-state index is 0.533. The molecule has 3 rings (SSSR count). The first kappa shape index (κ1) is 13.4. The summed E-state index contributed by atoms with van der Waals surface area (Å²) >= 11 is 3.36. The lowest BCUT2D eigenvalue weighted by atomic mass is 10.2. The molecule has 0 amide bonds. The monoisotopic (exact) mass is 342 g/mol. The van der Waals surface area contributed by atoms with Crippen molar-refractivity contribution < 1.29 is 0 Å². The van der Waals surface area contributed by atoms with Crippen LogP contribution in [0, 0.1) is 11.3 Å². The van der Waals surface area contributed by atoms with Crippen molar-refractivity contribution in [2.75, 3.05) is 17.7 Å². The van der Waals surface area contributed by atoms with E-state index in [-0.39, 0.29) is 0 Å². The average molecular weight is 343 g/mol. The van der Waals surface area contributed by atoms with Crippen LogP contribution in [0.4, 0.5) is 17.3 Å². The number of benzene rings is 1. The maximum absolute atomic E-state index is 9.23. The number of nitrogens with one attached hydrogen (secondary N) is 2. The summed E-state index contributed by atoms with van der Waals surface area (Å²) in [6, 6.07) is 7.62. The zero-order valence-corrected chi connectivity index (χ0v) is 12.7. The SMILES string of the molecule is CNc1cn2ccnc2c(Nc2ccc(Br)cc2C#N)n1. The first-order valence-electron chi connectivity index (χ1n) is 6.19. The summed E-state index contributed by atoms with van der Waals surface area (Å²) in [6.07, 6.45) is 5.39. The van der Waals surface area contributed by atoms with E-state index in [9.17, 15) is 5.26 Å². The third-order valence-corrected chi connectivity index (χ3v) is 3.48. The van der Waals surface area contributed by atoms with E-state index in [1.807, 2.05) is 28.9 Å². The lowest BCUT2D eigenvalue weighted by molar-refractivity contribution is 1.12. The van der Waals surface area contributed by atoms with Gasteiger partial charge in [-0.1, -0.05) is 15.9 Å². The molecule has 0 atom stereocenters. The number of hydrogen-bond acceptors (Lipinski definition) is 5. The van der Waals surface area contributed by atoms with Crippen molar-refractivity contribution in [3.63, 3.8) is 0 Å². The second kappa shape index (κ2) is 5.42. The van der Waals surface area contributed by atoms with Gasteiger partial charge in [-0.25, -0.2) is 9.97 Å². The third-order valence-electron chi connectivity index (χ3n) is 2.99. The molecule has 1 aromatic carbocycles. The number of anilines is 3. The van der Waals surface area contributed by atoms with Crippen LogP contribution >= 0.6 is 15.9 Å². The van der Waals surface area contributed by atoms with Crippen LogP contribution in [-0.2, 0) is 0 Å². The van der Waals surface area contributed by atoms with E-state index in [4.69, 9.17) is 0 Å². The van der Waals surface area contributed by atoms with Crippen LogP contribution in [0.2, 0.25) is 0 Å². The quantitative estimate of drug-likeness (QED) is 0.764. The molecule has 0 fully saturated rings. The van der Waals surface area contributed by atoms with Crippen LogP contribution in [0.1, 0.15) is 5.56 Å². The summed E-state index contributed by atoms with van der Waals surface area (Å²) in [4.78, 5) is 8.74. The van der Waals surface area contributed by atoms with Gasteiger partial charge in [0.1, 0.15) is 11.9 Å². The highest BCUT2D eigenvalue weighted by atomic mass is 79.9. The Labute approximate surface area is 129 Å². The van der Waals surface area contributed by atoms with E-state index >= 15 is 0 Å². The van der Waals surface area contributed by atoms with Crippen molar-refractivity contribution in [2.24, 2.45) is 0 Å². The lowest BCUT2D eigenvalue weighted by Gasteiger charge is -2.10. The predicted octanol–water partition coefficient (Wildman–Crippen LogP) is 3.15. The number of halogens is 1. The molecule has 104 valence electrons. The Morgan fingerprint density at radius 3 is 3.00 bits per heavy atom. The fourth-order valence-corrected chi connectivity index (χ4v) is 2.34. The molecule has 3 aromatic rings. The molecule has 0 unspecified atom stereocenters. The first-order valence-corrected chi connectivity index (χ1v) is 6.98. The topological polar surface area (TPSA) is 78.0 Å². The van der Waals surface area contributed by atoms with Crippen molar-refractivity contribution >= 4 is 38.9 Å². The zero-order valence-electron chi connectivity index (χ0n) is 11.1. The molecule has 2 aromatic heterocycles. The van der Waals surface area contributed by atoms with Gasteiger partial charge in [0, 0.05) is 23.9 Å². The third kappa shape index (κ3) is 2.53. The van der Waals surface area contributed by atoms with Gasteiger partial charge in [0.25, 0.3) is 0 Å². The first-order chi connectivity index (χ1) is 10.2. The number of nitrogens with zero attached hydrogens (tertiary/aromatic N) is 4. The number of rotatable bonds is 3. The van der Waals surface area contributed by atoms with E-state index in [0.717, 1.165) is 4.47 Å². The summed E-state index contributed by atoms with van der Waals surface area (Å²) in [5.41, 5.74) is 1.91. The summed E-state index contributed by atoms with van der Waals surface area (Å²) in [5, 5.41) is 15.4. The highest BCUT2D eigenvalue weighted by molar-refractivity contribution is 9.10. The van der Waals surface area contributed by atoms with Crippen LogP contribution < -0.4 is 10.6 Å². The van der Waals surface area contributed by atoms with Crippen molar-refractivity contribution in [2.45, 2.75) is 0 Å². The maximum Gasteiger partial charge on any atom is 0.180 e. The smallest absolute Gasteiger partial charge is 0.180 e. The summed E-state index contributed by atoms with van der Waals surface area (Å²) in [7, 11) is 1.80. The number of hydrogen-bond donors (Lipinski definition) is 2. The molecule has 0 saturated heterocycles. The lowest BCUT2D eigenvalue weighted by Crippen LogP contribution is -2.03. The van der Waals surface area contributed by atoms with Gasteiger partial charge >= 0.3 is 0 Å². The molecule has 0 bridgehead atoms. The van der Waals surface area contributed by atoms with E-state index in [1.54, 1.807) is 19.3 Å². The molecule has 0 spiro atoms. The zero-order chi connectivity index (χ0) is 14.8. The minimum Gasteiger partial charge on any atom is -0.372 e. The molecule has 21 heavy (non-hydrogen) atoms. The Balaban J connectivity index is 2.10. The Morgan fingerprint density at radius 1 is 1.38 bits per heavy atom. The Kier molecular flexibility index (Phi) is 3.46. The second-order valence-electron chi connectivity index (χ2n) is 4.31. The number of imidazole rings is 1. The largest absolute Gasteiger partial charge is 0.372 e. The molecule has 6 nitrogen and oxygen atoms in total. The summed E-state index contributed by atoms with van der Waals surface area (Å²) < 4.78 is 2.72. The van der Waals surface area contributed by atoms with Gasteiger partial charge in [0.15, 0.2) is 11.5 Å². The molecular weight excluding hydrogens is 332 g/mol. The van der Waals surface area contributed by atoms with Crippen molar-refractivity contribution in [1.82, 2.24) is 14.4 Å². The normalized spacial score (nSPS) is 10.3. The number of aromatic nitrogens is 3. The molecule has 2 N–H and O–H groups in total. The van der Waals surface area contributed by atoms with Gasteiger partial charge in [0.2, 0.25) is 0 Å². The Morgan fingerprint density at radius 2 is 2.24 bits per heavy atom. The number of nitriles is 1. The summed E-state index contributed by atoms with van der Waals surface area (Å²) in [6.45, 7) is 0. The van der Waals surface area contributed by atoms with Crippen molar-refractivity contribution in [1.29, 1.82) is 5.26 Å². The molecule has 0 aliphatic carbocycles. The Bertz CT molecular complexity index is 848. The van der Waals surface area contributed by atoms with Gasteiger partial charge < -0.3 is 15.0 Å². The van der Waals surface area contributed by atoms with E-state index in [1.165, 1.54) is 0 Å². The van der Waals surface area contributed by atoms with Gasteiger partial charge in [-0.3, -0.25) is 0 Å². The average Bonchev–Trinajstić information content (AvgIpc) is 2.97. The van der Waals surface area contributed by atoms with Crippen LogP contribution in [0.5, 0.6) is 0 Å². The molecular formula is C14H11BrN6. The molecule has 0 aliphatic rings. The van der Waals surface area contributed by atoms with Gasteiger partial charge in [-0.05, 0) is 18.2 Å². The predicted molar refractivity (Wildman–Crippen MR) is 84.7 cm³/mol. The molecule has 0 aliphatic heterocycles. The Hall–Kier alpha value is -2.59. The summed E-state index contributed by atoms with van der Waals surface area (Å²) in [5.74, 6) is 1.30. The fourth-order valence-electron chi connectivity index (χ4n) is 1.98. The van der Waals surface area contributed by atoms with Crippen LogP contribution in [0.3, 0.4) is 0 Å². The van der Waals surface area contributed by atoms with Crippen LogP contribution in [0.25, 0.3) is 5.65 Å².